The minimum absolute atomic E-state index is 0.0269. The molecule has 5 heterocycles. The highest BCUT2D eigenvalue weighted by atomic mass is 35.5. The summed E-state index contributed by atoms with van der Waals surface area (Å²) < 4.78 is 26.5. The van der Waals surface area contributed by atoms with Crippen LogP contribution < -0.4 is 25.8 Å². The molecular formula is C37H47ClFN7O5S. The number of thioether (sulfide) groups is 1. The van der Waals surface area contributed by atoms with E-state index in [4.69, 9.17) is 21.1 Å². The number of halogens is 2. The number of anilines is 2. The summed E-state index contributed by atoms with van der Waals surface area (Å²) in [4.78, 5) is 50.9. The van der Waals surface area contributed by atoms with Crippen LogP contribution in [0.4, 0.5) is 15.8 Å². The number of amides is 2. The van der Waals surface area contributed by atoms with Crippen LogP contribution in [0.3, 0.4) is 0 Å². The van der Waals surface area contributed by atoms with E-state index in [0.717, 1.165) is 103 Å². The molecule has 2 amide bonds. The number of ether oxygens (including phenoxy) is 2. The number of nitrogens with zero attached hydrogens (tertiary/aromatic N) is 4. The number of piperidine rings is 2. The molecule has 1 atom stereocenters. The van der Waals surface area contributed by atoms with E-state index in [1.807, 2.05) is 18.2 Å². The first-order chi connectivity index (χ1) is 25.3. The van der Waals surface area contributed by atoms with Gasteiger partial charge in [0.1, 0.15) is 28.8 Å². The molecule has 280 valence electrons. The number of imide groups is 1. The molecule has 4 aliphatic heterocycles. The van der Waals surface area contributed by atoms with Crippen molar-refractivity contribution in [1.82, 2.24) is 25.1 Å². The molecule has 0 spiro atoms. The SMILES string of the molecule is O=C1CCC(Nc2ccc(N3CCN(CCN4CCC(COc5cc(F)c6c(=O)[nH]c(CSC7CCOCC7)nc6c5)CC4)CC3)c(Cl)c2)C(=O)N1. The van der Waals surface area contributed by atoms with Crippen molar-refractivity contribution in [2.45, 2.75) is 55.6 Å². The number of benzene rings is 2. The van der Waals surface area contributed by atoms with Crippen LogP contribution in [0, 0.1) is 11.7 Å². The van der Waals surface area contributed by atoms with Crippen molar-refractivity contribution in [3.05, 3.63) is 57.3 Å². The van der Waals surface area contributed by atoms with E-state index in [1.165, 1.54) is 6.07 Å². The Bertz CT molecular complexity index is 1790. The number of aromatic amines is 1. The van der Waals surface area contributed by atoms with E-state index in [-0.39, 0.29) is 17.2 Å². The maximum absolute atomic E-state index is 15.0. The number of hydrogen-bond acceptors (Lipinski definition) is 11. The third kappa shape index (κ3) is 9.37. The van der Waals surface area contributed by atoms with Gasteiger partial charge in [-0.2, -0.15) is 11.8 Å². The Balaban J connectivity index is 0.821. The fourth-order valence-electron chi connectivity index (χ4n) is 7.41. The van der Waals surface area contributed by atoms with E-state index in [2.05, 4.69) is 35.3 Å². The topological polar surface area (TPSA) is 132 Å². The second-order valence-electron chi connectivity index (χ2n) is 14.2. The molecule has 1 aromatic heterocycles. The van der Waals surface area contributed by atoms with Crippen molar-refractivity contribution in [3.8, 4) is 5.75 Å². The van der Waals surface area contributed by atoms with Crippen molar-refractivity contribution >= 4 is 57.5 Å². The quantitative estimate of drug-likeness (QED) is 0.229. The Morgan fingerprint density at radius 2 is 1.71 bits per heavy atom. The summed E-state index contributed by atoms with van der Waals surface area (Å²) in [5, 5.41) is 6.66. The molecule has 0 aliphatic carbocycles. The molecule has 1 unspecified atom stereocenters. The van der Waals surface area contributed by atoms with Crippen molar-refractivity contribution < 1.29 is 23.5 Å². The zero-order chi connectivity index (χ0) is 36.0. The third-order valence-corrected chi connectivity index (χ3v) is 12.3. The maximum Gasteiger partial charge on any atom is 0.261 e. The number of piperazine rings is 1. The molecule has 12 nitrogen and oxygen atoms in total. The summed E-state index contributed by atoms with van der Waals surface area (Å²) in [6, 6.07) is 8.34. The third-order valence-electron chi connectivity index (χ3n) is 10.6. The van der Waals surface area contributed by atoms with Gasteiger partial charge >= 0.3 is 0 Å². The monoisotopic (exact) mass is 755 g/mol. The molecule has 4 aliphatic rings. The zero-order valence-corrected chi connectivity index (χ0v) is 30.9. The maximum atomic E-state index is 15.0. The molecule has 4 saturated heterocycles. The molecule has 0 radical (unpaired) electrons. The predicted octanol–water partition coefficient (Wildman–Crippen LogP) is 4.26. The van der Waals surface area contributed by atoms with Crippen LogP contribution in [0.1, 0.15) is 44.3 Å². The fraction of sp³-hybridized carbons (Fsp3) is 0.568. The van der Waals surface area contributed by atoms with E-state index in [9.17, 15) is 14.4 Å². The Labute approximate surface area is 312 Å². The highest BCUT2D eigenvalue weighted by molar-refractivity contribution is 7.99. The van der Waals surface area contributed by atoms with Crippen molar-refractivity contribution in [2.24, 2.45) is 5.92 Å². The zero-order valence-electron chi connectivity index (χ0n) is 29.3. The molecule has 7 rings (SSSR count). The number of fused-ring (bicyclic) bond motifs is 1. The van der Waals surface area contributed by atoms with Gasteiger partial charge in [-0.25, -0.2) is 9.37 Å². The van der Waals surface area contributed by atoms with E-state index in [1.54, 1.807) is 17.8 Å². The van der Waals surface area contributed by atoms with E-state index >= 15 is 4.39 Å². The van der Waals surface area contributed by atoms with Crippen LogP contribution in [0.5, 0.6) is 5.75 Å². The minimum atomic E-state index is -0.610. The lowest BCUT2D eigenvalue weighted by Gasteiger charge is -2.38. The van der Waals surface area contributed by atoms with E-state index < -0.39 is 17.4 Å². The molecule has 4 fully saturated rings. The second-order valence-corrected chi connectivity index (χ2v) is 15.9. The van der Waals surface area contributed by atoms with Crippen molar-refractivity contribution in [1.29, 1.82) is 0 Å². The summed E-state index contributed by atoms with van der Waals surface area (Å²) in [7, 11) is 0. The van der Waals surface area contributed by atoms with Gasteiger partial charge in [0.05, 0.1) is 28.6 Å². The molecular weight excluding hydrogens is 709 g/mol. The predicted molar refractivity (Wildman–Crippen MR) is 202 cm³/mol. The number of hydrogen-bond donors (Lipinski definition) is 3. The van der Waals surface area contributed by atoms with Gasteiger partial charge in [0.15, 0.2) is 0 Å². The largest absolute Gasteiger partial charge is 0.493 e. The van der Waals surface area contributed by atoms with Gasteiger partial charge in [-0.05, 0) is 69.3 Å². The lowest BCUT2D eigenvalue weighted by atomic mass is 9.98. The molecule has 0 bridgehead atoms. The smallest absolute Gasteiger partial charge is 0.261 e. The van der Waals surface area contributed by atoms with Gasteiger partial charge in [-0.15, -0.1) is 0 Å². The second kappa shape index (κ2) is 17.1. The average Bonchev–Trinajstić information content (AvgIpc) is 3.14. The number of nitrogens with one attached hydrogen (secondary N) is 3. The van der Waals surface area contributed by atoms with Gasteiger partial charge in [0, 0.05) is 82.0 Å². The lowest BCUT2D eigenvalue weighted by Crippen LogP contribution is -2.49. The summed E-state index contributed by atoms with van der Waals surface area (Å²) in [5.41, 5.74) is 1.63. The number of likely N-dealkylation sites (tertiary alicyclic amines) is 1. The van der Waals surface area contributed by atoms with Gasteiger partial charge in [-0.1, -0.05) is 11.6 Å². The standard InChI is InChI=1S/C37H47ClFN7O5S/c38-28-19-25(40-30-2-4-34(47)43-36(30)48)1-3-32(28)46-15-13-45(14-16-46)12-11-44-9-5-24(6-10-44)22-51-26-20-29(39)35-31(21-26)41-33(42-37(35)49)23-52-27-7-17-50-18-8-27/h1,3,19-21,24,27,30,40H,2,4-18,22-23H2,(H,41,42,49)(H,43,47,48). The normalized spacial score (nSPS) is 21.4. The molecule has 52 heavy (non-hydrogen) atoms. The van der Waals surface area contributed by atoms with Gasteiger partial charge < -0.3 is 29.6 Å². The molecule has 0 saturated carbocycles. The lowest BCUT2D eigenvalue weighted by molar-refractivity contribution is -0.133. The summed E-state index contributed by atoms with van der Waals surface area (Å²) in [5.74, 6) is 0.766. The molecule has 2 aromatic carbocycles. The van der Waals surface area contributed by atoms with Gasteiger partial charge in [0.25, 0.3) is 5.56 Å². The number of carbonyl (C=O) groups is 2. The van der Waals surface area contributed by atoms with E-state index in [0.29, 0.717) is 58.5 Å². The van der Waals surface area contributed by atoms with Gasteiger partial charge in [-0.3, -0.25) is 24.6 Å². The van der Waals surface area contributed by atoms with Crippen molar-refractivity contribution in [2.75, 3.05) is 82.4 Å². The summed E-state index contributed by atoms with van der Waals surface area (Å²) in [6.45, 7) is 9.72. The molecule has 15 heteroatoms. The number of H-pyrrole nitrogens is 1. The van der Waals surface area contributed by atoms with Crippen LogP contribution in [0.15, 0.2) is 35.1 Å². The Morgan fingerprint density at radius 3 is 2.44 bits per heavy atom. The van der Waals surface area contributed by atoms with Crippen LogP contribution in [0.25, 0.3) is 10.9 Å². The Morgan fingerprint density at radius 1 is 0.962 bits per heavy atom. The number of aromatic nitrogens is 2. The Hall–Kier alpha value is -3.43. The molecule has 3 N–H and O–H groups in total. The first kappa shape index (κ1) is 36.9. The first-order valence-corrected chi connectivity index (χ1v) is 19.8. The highest BCUT2D eigenvalue weighted by Crippen LogP contribution is 2.31. The van der Waals surface area contributed by atoms with Crippen LogP contribution in [-0.2, 0) is 20.1 Å². The number of carbonyl (C=O) groups excluding carboxylic acids is 2. The Kier molecular flexibility index (Phi) is 12.2. The minimum Gasteiger partial charge on any atom is -0.493 e. The average molecular weight is 756 g/mol. The van der Waals surface area contributed by atoms with Crippen LogP contribution in [-0.4, -0.2) is 115 Å². The van der Waals surface area contributed by atoms with Gasteiger partial charge in [0.2, 0.25) is 11.8 Å². The van der Waals surface area contributed by atoms with Crippen molar-refractivity contribution in [3.63, 3.8) is 0 Å². The molecule has 3 aromatic rings. The summed E-state index contributed by atoms with van der Waals surface area (Å²) in [6.07, 6.45) is 4.79. The highest BCUT2D eigenvalue weighted by Gasteiger charge is 2.27. The fourth-order valence-corrected chi connectivity index (χ4v) is 8.77. The van der Waals surface area contributed by atoms with Crippen LogP contribution in [0.2, 0.25) is 5.02 Å². The van der Waals surface area contributed by atoms with Crippen LogP contribution >= 0.6 is 23.4 Å². The summed E-state index contributed by atoms with van der Waals surface area (Å²) >= 11 is 8.43. The first-order valence-electron chi connectivity index (χ1n) is 18.4. The number of rotatable bonds is 12.